The van der Waals surface area contributed by atoms with E-state index in [9.17, 15) is 10.5 Å². The molecule has 0 saturated heterocycles. The van der Waals surface area contributed by atoms with Gasteiger partial charge in [0.2, 0.25) is 0 Å². The van der Waals surface area contributed by atoms with Gasteiger partial charge in [-0.15, -0.1) is 0 Å². The zero-order valence-corrected chi connectivity index (χ0v) is 26.5. The summed E-state index contributed by atoms with van der Waals surface area (Å²) >= 11 is 0. The number of para-hydroxylation sites is 4. The predicted octanol–water partition coefficient (Wildman–Crippen LogP) is 11.1. The van der Waals surface area contributed by atoms with E-state index in [4.69, 9.17) is 0 Å². The molecule has 8 aromatic rings. The molecule has 6 aromatic carbocycles. The van der Waals surface area contributed by atoms with Crippen molar-refractivity contribution in [2.75, 3.05) is 0 Å². The van der Waals surface area contributed by atoms with Gasteiger partial charge >= 0.3 is 0 Å². The molecule has 0 radical (unpaired) electrons. The van der Waals surface area contributed by atoms with Gasteiger partial charge in [-0.05, 0) is 65.2 Å². The van der Waals surface area contributed by atoms with Crippen LogP contribution in [-0.4, -0.2) is 9.13 Å². The quantitative estimate of drug-likeness (QED) is 0.196. The molecular weight excluding hydrogens is 597 g/mol. The highest BCUT2D eigenvalue weighted by Crippen LogP contribution is 2.39. The van der Waals surface area contributed by atoms with Gasteiger partial charge in [-0.2, -0.15) is 10.5 Å². The Labute approximate surface area is 283 Å². The Bertz CT molecular complexity index is 2740. The first kappa shape index (κ1) is 28.4. The summed E-state index contributed by atoms with van der Waals surface area (Å²) in [6, 6.07) is 50.6. The summed E-state index contributed by atoms with van der Waals surface area (Å²) < 4.78 is 4.57. The van der Waals surface area contributed by atoms with Crippen molar-refractivity contribution in [2.45, 2.75) is 6.04 Å². The van der Waals surface area contributed by atoms with Crippen LogP contribution >= 0.6 is 0 Å². The highest BCUT2D eigenvalue weighted by Gasteiger charge is 2.21. The smallest absolute Gasteiger partial charge is 0.101 e. The molecule has 0 fully saturated rings. The van der Waals surface area contributed by atoms with Crippen molar-refractivity contribution >= 4 is 49.2 Å². The molecule has 4 nitrogen and oxygen atoms in total. The number of allylic oxidation sites excluding steroid dienone is 6. The highest BCUT2D eigenvalue weighted by molar-refractivity contribution is 6.10. The lowest BCUT2D eigenvalue weighted by Crippen LogP contribution is -2.05. The Morgan fingerprint density at radius 3 is 1.82 bits per heavy atom. The lowest BCUT2D eigenvalue weighted by molar-refractivity contribution is 0.783. The Kier molecular flexibility index (Phi) is 6.61. The molecule has 0 spiro atoms. The molecule has 0 saturated carbocycles. The van der Waals surface area contributed by atoms with Crippen LogP contribution in [0.1, 0.15) is 22.7 Å². The zero-order valence-electron chi connectivity index (χ0n) is 26.5. The summed E-state index contributed by atoms with van der Waals surface area (Å²) in [6.45, 7) is 0. The van der Waals surface area contributed by atoms with Gasteiger partial charge in [0.05, 0.1) is 39.8 Å². The third-order valence-electron chi connectivity index (χ3n) is 9.68. The third kappa shape index (κ3) is 4.43. The Morgan fingerprint density at radius 2 is 1.12 bits per heavy atom. The van der Waals surface area contributed by atoms with Crippen molar-refractivity contribution in [3.05, 3.63) is 181 Å². The molecule has 9 rings (SSSR count). The Morgan fingerprint density at radius 1 is 0.531 bits per heavy atom. The van der Waals surface area contributed by atoms with E-state index in [0.29, 0.717) is 11.1 Å². The molecule has 228 valence electrons. The molecule has 4 heteroatoms. The lowest BCUT2D eigenvalue weighted by atomic mass is 9.89. The summed E-state index contributed by atoms with van der Waals surface area (Å²) in [5.41, 5.74) is 10.5. The fourth-order valence-corrected chi connectivity index (χ4v) is 7.60. The molecule has 2 aromatic heterocycles. The third-order valence-corrected chi connectivity index (χ3v) is 9.68. The summed E-state index contributed by atoms with van der Waals surface area (Å²) in [5.74, 6) is 0. The number of aromatic nitrogens is 2. The first-order valence-corrected chi connectivity index (χ1v) is 16.4. The maximum atomic E-state index is 10.4. The normalized spacial score (nSPS) is 14.2. The van der Waals surface area contributed by atoms with Crippen LogP contribution < -0.4 is 0 Å². The van der Waals surface area contributed by atoms with Gasteiger partial charge in [-0.1, -0.05) is 115 Å². The number of rotatable bonds is 4. The van der Waals surface area contributed by atoms with Gasteiger partial charge in [0.25, 0.3) is 0 Å². The van der Waals surface area contributed by atoms with Gasteiger partial charge in [-0.3, -0.25) is 0 Å². The van der Waals surface area contributed by atoms with Gasteiger partial charge < -0.3 is 9.13 Å². The molecule has 0 bridgehead atoms. The predicted molar refractivity (Wildman–Crippen MR) is 200 cm³/mol. The molecule has 0 N–H and O–H groups in total. The average Bonchev–Trinajstić information content (AvgIpc) is 3.57. The van der Waals surface area contributed by atoms with Crippen LogP contribution in [0.5, 0.6) is 0 Å². The largest absolute Gasteiger partial charge is 0.329 e. The molecular formula is C45H28N4. The summed E-state index contributed by atoms with van der Waals surface area (Å²) in [6.07, 6.45) is 10.5. The molecule has 2 heterocycles. The van der Waals surface area contributed by atoms with Crippen molar-refractivity contribution in [3.8, 4) is 29.0 Å². The van der Waals surface area contributed by atoms with E-state index in [2.05, 4.69) is 143 Å². The molecule has 49 heavy (non-hydrogen) atoms. The van der Waals surface area contributed by atoms with Crippen LogP contribution in [0, 0.1) is 22.7 Å². The average molecular weight is 625 g/mol. The lowest BCUT2D eigenvalue weighted by Gasteiger charge is -2.18. The van der Waals surface area contributed by atoms with Crippen LogP contribution in [0.2, 0.25) is 0 Å². The molecule has 1 aliphatic rings. The number of nitrogens with zero attached hydrogens (tertiary/aromatic N) is 4. The first-order chi connectivity index (χ1) is 24.2. The van der Waals surface area contributed by atoms with Gasteiger partial charge in [0, 0.05) is 38.3 Å². The monoisotopic (exact) mass is 624 g/mol. The van der Waals surface area contributed by atoms with E-state index >= 15 is 0 Å². The number of benzene rings is 6. The minimum Gasteiger partial charge on any atom is -0.329 e. The Hall–Kier alpha value is -6.88. The second-order valence-corrected chi connectivity index (χ2v) is 12.3. The zero-order chi connectivity index (χ0) is 32.9. The minimum atomic E-state index is -0.195. The summed E-state index contributed by atoms with van der Waals surface area (Å²) in [4.78, 5) is 0. The van der Waals surface area contributed by atoms with Gasteiger partial charge in [0.1, 0.15) is 6.07 Å². The standard InChI is InChI=1S/C45H28N4/c46-28-32-12-9-18-36(30-23-25-34(26-24-30)48-41-20-6-3-15-37(41)38-16-4-7-21-42(38)48)44(32)31-11-1-2-14-35(27-31)49-43-22-8-5-17-39(43)40-19-10-13-33(29-47)45(40)49/h1-27,35H. The van der Waals surface area contributed by atoms with E-state index in [1.54, 1.807) is 0 Å². The van der Waals surface area contributed by atoms with Crippen molar-refractivity contribution in [1.29, 1.82) is 10.5 Å². The van der Waals surface area contributed by atoms with E-state index in [0.717, 1.165) is 49.8 Å². The molecule has 1 aliphatic carbocycles. The minimum absolute atomic E-state index is 0.195. The second kappa shape index (κ2) is 11.4. The Balaban J connectivity index is 1.20. The summed E-state index contributed by atoms with van der Waals surface area (Å²) in [5, 5.41) is 25.2. The van der Waals surface area contributed by atoms with Crippen molar-refractivity contribution < 1.29 is 0 Å². The SMILES string of the molecule is N#Cc1cccc(-c2ccc(-n3c4ccccc4c4ccccc43)cc2)c1C1=CC(n2c3ccccc3c3cccc(C#N)c32)C=CC=C1. The van der Waals surface area contributed by atoms with Gasteiger partial charge in [-0.25, -0.2) is 0 Å². The first-order valence-electron chi connectivity index (χ1n) is 16.4. The van der Waals surface area contributed by atoms with E-state index in [1.165, 1.54) is 21.8 Å². The number of hydrogen-bond donors (Lipinski definition) is 0. The maximum absolute atomic E-state index is 10.4. The molecule has 0 aliphatic heterocycles. The van der Waals surface area contributed by atoms with Crippen molar-refractivity contribution in [2.24, 2.45) is 0 Å². The number of hydrogen-bond acceptors (Lipinski definition) is 2. The van der Waals surface area contributed by atoms with E-state index in [1.807, 2.05) is 42.5 Å². The molecule has 1 atom stereocenters. The number of nitriles is 2. The van der Waals surface area contributed by atoms with E-state index < -0.39 is 0 Å². The maximum Gasteiger partial charge on any atom is 0.101 e. The second-order valence-electron chi connectivity index (χ2n) is 12.3. The topological polar surface area (TPSA) is 57.4 Å². The van der Waals surface area contributed by atoms with E-state index in [-0.39, 0.29) is 6.04 Å². The molecule has 1 unspecified atom stereocenters. The fourth-order valence-electron chi connectivity index (χ4n) is 7.60. The van der Waals surface area contributed by atoms with Crippen molar-refractivity contribution in [3.63, 3.8) is 0 Å². The molecule has 0 amide bonds. The fraction of sp³-hybridized carbons (Fsp3) is 0.0222. The van der Waals surface area contributed by atoms with Crippen LogP contribution in [0.4, 0.5) is 0 Å². The van der Waals surface area contributed by atoms with Crippen LogP contribution in [-0.2, 0) is 0 Å². The van der Waals surface area contributed by atoms with Crippen molar-refractivity contribution in [1.82, 2.24) is 9.13 Å². The van der Waals surface area contributed by atoms with Gasteiger partial charge in [0.15, 0.2) is 0 Å². The highest BCUT2D eigenvalue weighted by atomic mass is 15.0. The summed E-state index contributed by atoms with van der Waals surface area (Å²) in [7, 11) is 0. The van der Waals surface area contributed by atoms with Crippen LogP contribution in [0.25, 0.3) is 66.0 Å². The van der Waals surface area contributed by atoms with Crippen LogP contribution in [0.3, 0.4) is 0 Å². The number of fused-ring (bicyclic) bond motifs is 6. The van der Waals surface area contributed by atoms with Crippen LogP contribution in [0.15, 0.2) is 164 Å².